The van der Waals surface area contributed by atoms with Gasteiger partial charge in [-0.1, -0.05) is 18.2 Å². The van der Waals surface area contributed by atoms with Gasteiger partial charge >= 0.3 is 0 Å². The Hall–Kier alpha value is -3.24. The molecule has 0 aromatic heterocycles. The highest BCUT2D eigenvalue weighted by Crippen LogP contribution is 2.16. The van der Waals surface area contributed by atoms with E-state index in [9.17, 15) is 23.3 Å². The fourth-order valence-corrected chi connectivity index (χ4v) is 3.65. The molecule has 0 saturated carbocycles. The van der Waals surface area contributed by atoms with E-state index in [2.05, 4.69) is 21.9 Å². The standard InChI is InChI=1S/C20H24N4O5S/c1-2-13-22-30(28,29)15-16-5-7-18(8-6-16)23-20(25)4-3-14-21-17-9-11-19(12-10-17)24(26)27/h2,5-12,21-22H,1,3-4,13-15H2,(H,23,25). The average molecular weight is 433 g/mol. The van der Waals surface area contributed by atoms with Crippen molar-refractivity contribution in [2.75, 3.05) is 23.7 Å². The number of nitrogens with one attached hydrogen (secondary N) is 3. The summed E-state index contributed by atoms with van der Waals surface area (Å²) < 4.78 is 26.1. The Morgan fingerprint density at radius 3 is 2.30 bits per heavy atom. The molecule has 0 heterocycles. The third kappa shape index (κ3) is 8.02. The molecule has 160 valence electrons. The molecule has 3 N–H and O–H groups in total. The number of nitro benzene ring substituents is 1. The minimum atomic E-state index is -3.43. The molecule has 0 bridgehead atoms. The maximum atomic E-state index is 12.0. The van der Waals surface area contributed by atoms with Crippen LogP contribution in [0, 0.1) is 10.1 Å². The number of rotatable bonds is 12. The van der Waals surface area contributed by atoms with Gasteiger partial charge in [-0.15, -0.1) is 6.58 Å². The molecular weight excluding hydrogens is 408 g/mol. The number of non-ortho nitro benzene ring substituents is 1. The van der Waals surface area contributed by atoms with Crippen molar-refractivity contribution in [3.63, 3.8) is 0 Å². The van der Waals surface area contributed by atoms with E-state index in [-0.39, 0.29) is 23.9 Å². The van der Waals surface area contributed by atoms with E-state index >= 15 is 0 Å². The summed E-state index contributed by atoms with van der Waals surface area (Å²) in [4.78, 5) is 22.2. The summed E-state index contributed by atoms with van der Waals surface area (Å²) in [5.41, 5.74) is 1.96. The van der Waals surface area contributed by atoms with Crippen LogP contribution < -0.4 is 15.4 Å². The normalized spacial score (nSPS) is 10.9. The topological polar surface area (TPSA) is 130 Å². The molecule has 0 atom stereocenters. The highest BCUT2D eigenvalue weighted by atomic mass is 32.2. The van der Waals surface area contributed by atoms with E-state index in [1.807, 2.05) is 0 Å². The molecule has 0 aliphatic rings. The smallest absolute Gasteiger partial charge is 0.269 e. The second-order valence-corrected chi connectivity index (χ2v) is 8.28. The fourth-order valence-electron chi connectivity index (χ4n) is 2.55. The highest BCUT2D eigenvalue weighted by Gasteiger charge is 2.10. The van der Waals surface area contributed by atoms with Gasteiger partial charge in [-0.2, -0.15) is 0 Å². The Balaban J connectivity index is 1.73. The number of sulfonamides is 1. The lowest BCUT2D eigenvalue weighted by atomic mass is 10.2. The summed E-state index contributed by atoms with van der Waals surface area (Å²) in [7, 11) is -3.43. The van der Waals surface area contributed by atoms with E-state index in [1.165, 1.54) is 18.2 Å². The molecule has 30 heavy (non-hydrogen) atoms. The van der Waals surface area contributed by atoms with Crippen LogP contribution in [0.2, 0.25) is 0 Å². The molecule has 0 spiro atoms. The van der Waals surface area contributed by atoms with Crippen molar-refractivity contribution in [2.24, 2.45) is 0 Å². The van der Waals surface area contributed by atoms with E-state index in [0.717, 1.165) is 5.69 Å². The van der Waals surface area contributed by atoms with Gasteiger partial charge in [-0.25, -0.2) is 13.1 Å². The van der Waals surface area contributed by atoms with Crippen molar-refractivity contribution in [1.29, 1.82) is 0 Å². The number of benzene rings is 2. The third-order valence-electron chi connectivity index (χ3n) is 4.03. The van der Waals surface area contributed by atoms with Crippen molar-refractivity contribution >= 4 is 33.0 Å². The molecule has 0 aliphatic carbocycles. The van der Waals surface area contributed by atoms with Gasteiger partial charge in [0.05, 0.1) is 10.7 Å². The molecule has 0 saturated heterocycles. The summed E-state index contributed by atoms with van der Waals surface area (Å²) >= 11 is 0. The number of hydrogen-bond acceptors (Lipinski definition) is 6. The van der Waals surface area contributed by atoms with Crippen LogP contribution in [-0.4, -0.2) is 32.3 Å². The zero-order valence-electron chi connectivity index (χ0n) is 16.3. The lowest BCUT2D eigenvalue weighted by Crippen LogP contribution is -2.25. The highest BCUT2D eigenvalue weighted by molar-refractivity contribution is 7.88. The Labute approximate surface area is 175 Å². The molecule has 10 heteroatoms. The molecular formula is C20H24N4O5S. The Morgan fingerprint density at radius 2 is 1.70 bits per heavy atom. The number of amides is 1. The second kappa shape index (κ2) is 11.1. The van der Waals surface area contributed by atoms with E-state index < -0.39 is 14.9 Å². The summed E-state index contributed by atoms with van der Waals surface area (Å²) in [5, 5.41) is 16.5. The van der Waals surface area contributed by atoms with Gasteiger partial charge in [0.15, 0.2) is 0 Å². The van der Waals surface area contributed by atoms with Gasteiger partial charge in [-0.05, 0) is 36.2 Å². The number of hydrogen-bond donors (Lipinski definition) is 3. The van der Waals surface area contributed by atoms with Gasteiger partial charge in [0.1, 0.15) is 0 Å². The maximum Gasteiger partial charge on any atom is 0.269 e. The SMILES string of the molecule is C=CCNS(=O)(=O)Cc1ccc(NC(=O)CCCNc2ccc([N+](=O)[O-])cc2)cc1. The Morgan fingerprint density at radius 1 is 1.07 bits per heavy atom. The van der Waals surface area contributed by atoms with Gasteiger partial charge in [0.2, 0.25) is 15.9 Å². The second-order valence-electron chi connectivity index (χ2n) is 6.48. The van der Waals surface area contributed by atoms with Gasteiger partial charge in [0.25, 0.3) is 5.69 Å². The third-order valence-corrected chi connectivity index (χ3v) is 5.35. The lowest BCUT2D eigenvalue weighted by molar-refractivity contribution is -0.384. The molecule has 2 aromatic rings. The van der Waals surface area contributed by atoms with E-state index in [1.54, 1.807) is 36.4 Å². The minimum Gasteiger partial charge on any atom is -0.385 e. The fraction of sp³-hybridized carbons (Fsp3) is 0.250. The summed E-state index contributed by atoms with van der Waals surface area (Å²) in [6.07, 6.45) is 2.34. The van der Waals surface area contributed by atoms with Crippen LogP contribution in [-0.2, 0) is 20.6 Å². The van der Waals surface area contributed by atoms with Crippen LogP contribution in [0.3, 0.4) is 0 Å². The van der Waals surface area contributed by atoms with Crippen LogP contribution in [0.5, 0.6) is 0 Å². The monoisotopic (exact) mass is 432 g/mol. The Bertz CT molecular complexity index is 973. The minimum absolute atomic E-state index is 0.0246. The molecule has 2 rings (SSSR count). The van der Waals surface area contributed by atoms with Crippen LogP contribution >= 0.6 is 0 Å². The van der Waals surface area contributed by atoms with Crippen molar-refractivity contribution in [3.05, 3.63) is 76.9 Å². The van der Waals surface area contributed by atoms with Crippen LogP contribution in [0.25, 0.3) is 0 Å². The molecule has 1 amide bonds. The first kappa shape index (κ1) is 23.0. The van der Waals surface area contributed by atoms with Crippen molar-refractivity contribution < 1.29 is 18.1 Å². The van der Waals surface area contributed by atoms with E-state index in [0.29, 0.717) is 30.6 Å². The average Bonchev–Trinajstić information content (AvgIpc) is 2.71. The molecule has 0 fully saturated rings. The summed E-state index contributed by atoms with van der Waals surface area (Å²) in [6.45, 7) is 4.18. The predicted molar refractivity (Wildman–Crippen MR) is 117 cm³/mol. The van der Waals surface area contributed by atoms with Crippen molar-refractivity contribution in [2.45, 2.75) is 18.6 Å². The first-order chi connectivity index (χ1) is 14.3. The Kier molecular flexibility index (Phi) is 8.51. The van der Waals surface area contributed by atoms with Crippen LogP contribution in [0.1, 0.15) is 18.4 Å². The van der Waals surface area contributed by atoms with Crippen LogP contribution in [0.4, 0.5) is 17.1 Å². The van der Waals surface area contributed by atoms with Gasteiger partial charge in [-0.3, -0.25) is 14.9 Å². The van der Waals surface area contributed by atoms with Crippen molar-refractivity contribution in [1.82, 2.24) is 4.72 Å². The zero-order valence-corrected chi connectivity index (χ0v) is 17.2. The quantitative estimate of drug-likeness (QED) is 0.205. The largest absolute Gasteiger partial charge is 0.385 e. The van der Waals surface area contributed by atoms with E-state index in [4.69, 9.17) is 0 Å². The number of carbonyl (C=O) groups is 1. The number of anilines is 2. The molecule has 0 radical (unpaired) electrons. The molecule has 0 unspecified atom stereocenters. The predicted octanol–water partition coefficient (Wildman–Crippen LogP) is 3.03. The van der Waals surface area contributed by atoms with Crippen LogP contribution in [0.15, 0.2) is 61.2 Å². The first-order valence-electron chi connectivity index (χ1n) is 9.24. The number of carbonyl (C=O) groups excluding carboxylic acids is 1. The lowest BCUT2D eigenvalue weighted by Gasteiger charge is -2.09. The maximum absolute atomic E-state index is 12.0. The molecule has 9 nitrogen and oxygen atoms in total. The number of nitrogens with zero attached hydrogens (tertiary/aromatic N) is 1. The summed E-state index contributed by atoms with van der Waals surface area (Å²) in [5.74, 6) is -0.308. The summed E-state index contributed by atoms with van der Waals surface area (Å²) in [6, 6.07) is 12.7. The number of nitro groups is 1. The van der Waals surface area contributed by atoms with Gasteiger partial charge < -0.3 is 10.6 Å². The van der Waals surface area contributed by atoms with Crippen molar-refractivity contribution in [3.8, 4) is 0 Å². The van der Waals surface area contributed by atoms with Gasteiger partial charge in [0, 0.05) is 43.0 Å². The first-order valence-corrected chi connectivity index (χ1v) is 10.9. The molecule has 2 aromatic carbocycles. The molecule has 0 aliphatic heterocycles. The zero-order chi connectivity index (χ0) is 22.0.